The van der Waals surface area contributed by atoms with Crippen molar-refractivity contribution in [3.8, 4) is 0 Å². The average molecular weight is 275 g/mol. The zero-order chi connectivity index (χ0) is 13.1. The molecule has 0 spiro atoms. The second-order valence-electron chi connectivity index (χ2n) is 5.23. The number of fused-ring (bicyclic) bond motifs is 1. The predicted octanol–water partition coefficient (Wildman–Crippen LogP) is 2.69. The number of nitrogens with one attached hydrogen (secondary N) is 1. The zero-order valence-electron chi connectivity index (χ0n) is 11.4. The molecule has 1 aromatic heterocycles. The number of benzene rings is 1. The van der Waals surface area contributed by atoms with Gasteiger partial charge in [-0.05, 0) is 49.4 Å². The molecule has 0 radical (unpaired) electrons. The molecule has 1 fully saturated rings. The number of imidazole rings is 1. The Bertz CT molecular complexity index is 543. The van der Waals surface area contributed by atoms with Gasteiger partial charge in [0.15, 0.2) is 0 Å². The topological polar surface area (TPSA) is 29.9 Å². The van der Waals surface area contributed by atoms with E-state index in [0.29, 0.717) is 0 Å². The van der Waals surface area contributed by atoms with E-state index in [4.69, 9.17) is 0 Å². The highest BCUT2D eigenvalue weighted by atomic mass is 32.2. The Kier molecular flexibility index (Phi) is 4.09. The van der Waals surface area contributed by atoms with E-state index in [-0.39, 0.29) is 0 Å². The molecule has 0 bridgehead atoms. The molecular formula is C15H21N3S. The van der Waals surface area contributed by atoms with Gasteiger partial charge in [-0.1, -0.05) is 12.1 Å². The Hall–Kier alpha value is -1.00. The van der Waals surface area contributed by atoms with Crippen LogP contribution in [0.2, 0.25) is 0 Å². The van der Waals surface area contributed by atoms with Gasteiger partial charge in [0, 0.05) is 13.1 Å². The molecule has 1 unspecified atom stereocenters. The minimum Gasteiger partial charge on any atom is -0.327 e. The highest BCUT2D eigenvalue weighted by Crippen LogP contribution is 2.22. The van der Waals surface area contributed by atoms with Gasteiger partial charge in [0.2, 0.25) is 0 Å². The van der Waals surface area contributed by atoms with Crippen LogP contribution in [0.3, 0.4) is 0 Å². The first-order valence-corrected chi connectivity index (χ1v) is 8.20. The Morgan fingerprint density at radius 2 is 2.32 bits per heavy atom. The van der Waals surface area contributed by atoms with Crippen molar-refractivity contribution in [3.63, 3.8) is 0 Å². The standard InChI is InChI=1S/C15H21N3S/c1-12-17-14-4-2-3-5-15(14)18(12)8-7-16-10-13-6-9-19-11-13/h2-5,13,16H,6-11H2,1H3. The lowest BCUT2D eigenvalue weighted by molar-refractivity contribution is 0.504. The molecular weight excluding hydrogens is 254 g/mol. The summed E-state index contributed by atoms with van der Waals surface area (Å²) in [5.41, 5.74) is 2.35. The van der Waals surface area contributed by atoms with Gasteiger partial charge in [0.1, 0.15) is 5.82 Å². The minimum absolute atomic E-state index is 0.880. The van der Waals surface area contributed by atoms with Crippen LogP contribution in [-0.4, -0.2) is 34.1 Å². The summed E-state index contributed by atoms with van der Waals surface area (Å²) < 4.78 is 2.31. The van der Waals surface area contributed by atoms with Gasteiger partial charge in [0.25, 0.3) is 0 Å². The molecule has 3 nitrogen and oxygen atoms in total. The maximum Gasteiger partial charge on any atom is 0.106 e. The van der Waals surface area contributed by atoms with E-state index in [1.54, 1.807) is 0 Å². The third kappa shape index (κ3) is 2.95. The second kappa shape index (κ2) is 5.97. The van der Waals surface area contributed by atoms with E-state index < -0.39 is 0 Å². The van der Waals surface area contributed by atoms with Gasteiger partial charge in [0.05, 0.1) is 11.0 Å². The van der Waals surface area contributed by atoms with Crippen molar-refractivity contribution in [1.82, 2.24) is 14.9 Å². The fourth-order valence-corrected chi connectivity index (χ4v) is 4.00. The van der Waals surface area contributed by atoms with Crippen molar-refractivity contribution >= 4 is 22.8 Å². The molecule has 2 aromatic rings. The summed E-state index contributed by atoms with van der Waals surface area (Å²) in [6.45, 7) is 5.29. The van der Waals surface area contributed by atoms with Crippen LogP contribution in [0, 0.1) is 12.8 Å². The quantitative estimate of drug-likeness (QED) is 0.851. The molecule has 1 aromatic carbocycles. The molecule has 1 N–H and O–H groups in total. The summed E-state index contributed by atoms with van der Waals surface area (Å²) in [6.07, 6.45) is 1.38. The number of thioether (sulfide) groups is 1. The summed E-state index contributed by atoms with van der Waals surface area (Å²) in [7, 11) is 0. The van der Waals surface area contributed by atoms with E-state index in [9.17, 15) is 0 Å². The lowest BCUT2D eigenvalue weighted by Crippen LogP contribution is -2.26. The molecule has 3 rings (SSSR count). The molecule has 1 saturated heterocycles. The normalized spacial score (nSPS) is 19.3. The van der Waals surface area contributed by atoms with Crippen LogP contribution in [0.5, 0.6) is 0 Å². The SMILES string of the molecule is Cc1nc2ccccc2n1CCNCC1CCSC1. The zero-order valence-corrected chi connectivity index (χ0v) is 12.2. The third-order valence-electron chi connectivity index (χ3n) is 3.81. The number of aryl methyl sites for hydroxylation is 1. The molecule has 1 aliphatic heterocycles. The van der Waals surface area contributed by atoms with Crippen LogP contribution >= 0.6 is 11.8 Å². The summed E-state index contributed by atoms with van der Waals surface area (Å²) >= 11 is 2.09. The average Bonchev–Trinajstić information content (AvgIpc) is 3.02. The molecule has 102 valence electrons. The van der Waals surface area contributed by atoms with Gasteiger partial charge in [-0.25, -0.2) is 4.98 Å². The Morgan fingerprint density at radius 1 is 1.42 bits per heavy atom. The number of para-hydroxylation sites is 2. The van der Waals surface area contributed by atoms with Crippen molar-refractivity contribution in [2.75, 3.05) is 24.6 Å². The molecule has 0 saturated carbocycles. The predicted molar refractivity (Wildman–Crippen MR) is 82.8 cm³/mol. The van der Waals surface area contributed by atoms with Crippen LogP contribution in [0.1, 0.15) is 12.2 Å². The van der Waals surface area contributed by atoms with Gasteiger partial charge in [-0.2, -0.15) is 11.8 Å². The van der Waals surface area contributed by atoms with E-state index in [0.717, 1.165) is 30.3 Å². The monoisotopic (exact) mass is 275 g/mol. The maximum atomic E-state index is 4.60. The largest absolute Gasteiger partial charge is 0.327 e. The van der Waals surface area contributed by atoms with Gasteiger partial charge in [-0.3, -0.25) is 0 Å². The van der Waals surface area contributed by atoms with Crippen LogP contribution in [0.4, 0.5) is 0 Å². The molecule has 19 heavy (non-hydrogen) atoms. The maximum absolute atomic E-state index is 4.60. The first-order chi connectivity index (χ1) is 9.34. The van der Waals surface area contributed by atoms with Crippen LogP contribution in [0.25, 0.3) is 11.0 Å². The van der Waals surface area contributed by atoms with E-state index >= 15 is 0 Å². The Balaban J connectivity index is 1.57. The fourth-order valence-electron chi connectivity index (χ4n) is 2.72. The Morgan fingerprint density at radius 3 is 3.16 bits per heavy atom. The summed E-state index contributed by atoms with van der Waals surface area (Å²) in [6, 6.07) is 8.38. The van der Waals surface area contributed by atoms with Crippen molar-refractivity contribution < 1.29 is 0 Å². The van der Waals surface area contributed by atoms with E-state index in [2.05, 4.69) is 57.8 Å². The molecule has 0 aliphatic carbocycles. The van der Waals surface area contributed by atoms with Gasteiger partial charge < -0.3 is 9.88 Å². The number of nitrogens with zero attached hydrogens (tertiary/aromatic N) is 2. The number of hydrogen-bond donors (Lipinski definition) is 1. The van der Waals surface area contributed by atoms with Gasteiger partial charge >= 0.3 is 0 Å². The number of aromatic nitrogens is 2. The molecule has 2 heterocycles. The van der Waals surface area contributed by atoms with Crippen LogP contribution in [0.15, 0.2) is 24.3 Å². The van der Waals surface area contributed by atoms with Crippen LogP contribution in [-0.2, 0) is 6.54 Å². The third-order valence-corrected chi connectivity index (χ3v) is 5.05. The molecule has 4 heteroatoms. The molecule has 0 amide bonds. The first-order valence-electron chi connectivity index (χ1n) is 7.05. The minimum atomic E-state index is 0.880. The highest BCUT2D eigenvalue weighted by molar-refractivity contribution is 7.99. The molecule has 1 aliphatic rings. The fraction of sp³-hybridized carbons (Fsp3) is 0.533. The van der Waals surface area contributed by atoms with Crippen molar-refractivity contribution in [2.45, 2.75) is 19.9 Å². The van der Waals surface area contributed by atoms with Gasteiger partial charge in [-0.15, -0.1) is 0 Å². The van der Waals surface area contributed by atoms with E-state index in [1.165, 1.54) is 30.0 Å². The number of hydrogen-bond acceptors (Lipinski definition) is 3. The number of rotatable bonds is 5. The molecule has 1 atom stereocenters. The lowest BCUT2D eigenvalue weighted by atomic mass is 10.1. The highest BCUT2D eigenvalue weighted by Gasteiger charge is 2.14. The van der Waals surface area contributed by atoms with Crippen molar-refractivity contribution in [2.24, 2.45) is 5.92 Å². The lowest BCUT2D eigenvalue weighted by Gasteiger charge is -2.11. The van der Waals surface area contributed by atoms with Crippen LogP contribution < -0.4 is 5.32 Å². The Labute approximate surface area is 118 Å². The first kappa shape index (κ1) is 13.0. The van der Waals surface area contributed by atoms with E-state index in [1.807, 2.05) is 0 Å². The summed E-state index contributed by atoms with van der Waals surface area (Å²) in [5.74, 6) is 4.67. The smallest absolute Gasteiger partial charge is 0.106 e. The van der Waals surface area contributed by atoms with Crippen molar-refractivity contribution in [1.29, 1.82) is 0 Å². The summed E-state index contributed by atoms with van der Waals surface area (Å²) in [4.78, 5) is 4.60. The second-order valence-corrected chi connectivity index (χ2v) is 6.38. The van der Waals surface area contributed by atoms with Crippen molar-refractivity contribution in [3.05, 3.63) is 30.1 Å². The summed E-state index contributed by atoms with van der Waals surface area (Å²) in [5, 5.41) is 3.60.